The second-order valence-electron chi connectivity index (χ2n) is 11.6. The molecule has 6 atom stereocenters. The van der Waals surface area contributed by atoms with Crippen LogP contribution in [0.5, 0.6) is 0 Å². The van der Waals surface area contributed by atoms with Gasteiger partial charge < -0.3 is 39.4 Å². The topological polar surface area (TPSA) is 152 Å². The number of aliphatic hydroxyl groups excluding tert-OH is 4. The van der Waals surface area contributed by atoms with E-state index in [1.807, 2.05) is 6.92 Å². The lowest BCUT2D eigenvalue weighted by molar-refractivity contribution is -0.305. The van der Waals surface area contributed by atoms with E-state index < -0.39 is 55.4 Å². The maximum absolute atomic E-state index is 12.5. The molecule has 0 amide bonds. The van der Waals surface area contributed by atoms with Crippen molar-refractivity contribution < 1.29 is 49.0 Å². The Morgan fingerprint density at radius 3 is 1.91 bits per heavy atom. The molecule has 1 heterocycles. The van der Waals surface area contributed by atoms with E-state index in [2.05, 4.69) is 55.5 Å². The second-order valence-corrected chi connectivity index (χ2v) is 11.6. The average molecular weight is 653 g/mol. The molecule has 0 bridgehead atoms. The first kappa shape index (κ1) is 41.7. The zero-order chi connectivity index (χ0) is 33.8. The van der Waals surface area contributed by atoms with Crippen LogP contribution < -0.4 is 0 Å². The van der Waals surface area contributed by atoms with E-state index in [-0.39, 0.29) is 26.1 Å². The summed E-state index contributed by atoms with van der Waals surface area (Å²) in [6.45, 7) is 2.99. The monoisotopic (exact) mass is 652 g/mol. The molecule has 0 aromatic rings. The van der Waals surface area contributed by atoms with Crippen LogP contribution in [-0.2, 0) is 28.5 Å². The highest BCUT2D eigenvalue weighted by Gasteiger charge is 2.44. The Balaban J connectivity index is 2.28. The summed E-state index contributed by atoms with van der Waals surface area (Å²) in [6.07, 6.45) is 22.5. The standard InChI is InChI=1S/C36H60O10/c1-3-5-7-8-9-10-11-12-13-14-15-16-17-18-19-20-21-22-23-25-32(39)45-29(27-43-31(38)24-6-4-2)28-44-36-35(42)34(41)33(40)30(26-37)46-36/h5,7,9-10,12-13,15-16,29-30,33-37,40-42H,3-4,6,8,11,14,17-28H2,1-2H3/b7-5-,10-9-,13-12-,16-15-. The summed E-state index contributed by atoms with van der Waals surface area (Å²) in [4.78, 5) is 24.5. The highest BCUT2D eigenvalue weighted by molar-refractivity contribution is 5.70. The van der Waals surface area contributed by atoms with Gasteiger partial charge in [-0.15, -0.1) is 0 Å². The number of unbranched alkanes of at least 4 members (excludes halogenated alkanes) is 7. The average Bonchev–Trinajstić information content (AvgIpc) is 3.05. The highest BCUT2D eigenvalue weighted by Crippen LogP contribution is 2.22. The van der Waals surface area contributed by atoms with Crippen molar-refractivity contribution in [2.45, 2.75) is 147 Å². The van der Waals surface area contributed by atoms with Crippen LogP contribution in [0.1, 0.15) is 110 Å². The fourth-order valence-corrected chi connectivity index (χ4v) is 4.68. The van der Waals surface area contributed by atoms with Crippen molar-refractivity contribution in [1.82, 2.24) is 0 Å². The van der Waals surface area contributed by atoms with Crippen LogP contribution in [0.4, 0.5) is 0 Å². The maximum Gasteiger partial charge on any atom is 0.306 e. The number of carbonyl (C=O) groups is 2. The van der Waals surface area contributed by atoms with Gasteiger partial charge in [0, 0.05) is 12.8 Å². The minimum Gasteiger partial charge on any atom is -0.462 e. The van der Waals surface area contributed by atoms with Gasteiger partial charge in [0.15, 0.2) is 12.4 Å². The normalized spacial score (nSPS) is 22.8. The molecule has 0 spiro atoms. The molecule has 6 unspecified atom stereocenters. The summed E-state index contributed by atoms with van der Waals surface area (Å²) in [6, 6.07) is 0. The fourth-order valence-electron chi connectivity index (χ4n) is 4.68. The molecule has 0 aliphatic carbocycles. The molecule has 46 heavy (non-hydrogen) atoms. The fraction of sp³-hybridized carbons (Fsp3) is 0.722. The SMILES string of the molecule is CC/C=C\C/C=C\C/C=C\C/C=C\CCCCCCCCC(=O)OC(COC(=O)CCCC)COC1OC(CO)C(O)C(O)C1O. The minimum absolute atomic E-state index is 0.211. The number of hydrogen-bond donors (Lipinski definition) is 4. The van der Waals surface area contributed by atoms with E-state index in [1.165, 1.54) is 0 Å². The molecule has 264 valence electrons. The summed E-state index contributed by atoms with van der Waals surface area (Å²) in [5, 5.41) is 39.5. The van der Waals surface area contributed by atoms with E-state index in [4.69, 9.17) is 18.9 Å². The van der Waals surface area contributed by atoms with Crippen LogP contribution in [0.3, 0.4) is 0 Å². The van der Waals surface area contributed by atoms with Crippen LogP contribution >= 0.6 is 0 Å². The van der Waals surface area contributed by atoms with Crippen molar-refractivity contribution in [2.75, 3.05) is 19.8 Å². The van der Waals surface area contributed by atoms with E-state index >= 15 is 0 Å². The van der Waals surface area contributed by atoms with E-state index in [1.54, 1.807) is 0 Å². The molecular formula is C36H60O10. The number of esters is 2. The van der Waals surface area contributed by atoms with Crippen molar-refractivity contribution >= 4 is 11.9 Å². The molecule has 0 aromatic heterocycles. The van der Waals surface area contributed by atoms with Crippen molar-refractivity contribution in [3.8, 4) is 0 Å². The van der Waals surface area contributed by atoms with Gasteiger partial charge in [0.1, 0.15) is 31.0 Å². The molecule has 1 saturated heterocycles. The molecule has 0 aromatic carbocycles. The van der Waals surface area contributed by atoms with Gasteiger partial charge >= 0.3 is 11.9 Å². The molecule has 0 radical (unpaired) electrons. The van der Waals surface area contributed by atoms with Gasteiger partial charge in [-0.25, -0.2) is 0 Å². The molecular weight excluding hydrogens is 592 g/mol. The minimum atomic E-state index is -1.59. The Morgan fingerprint density at radius 2 is 1.28 bits per heavy atom. The van der Waals surface area contributed by atoms with Crippen LogP contribution in [0.2, 0.25) is 0 Å². The van der Waals surface area contributed by atoms with Crippen molar-refractivity contribution in [1.29, 1.82) is 0 Å². The number of hydrogen-bond acceptors (Lipinski definition) is 10. The molecule has 0 saturated carbocycles. The molecule has 4 N–H and O–H groups in total. The van der Waals surface area contributed by atoms with Gasteiger partial charge in [-0.1, -0.05) is 94.6 Å². The van der Waals surface area contributed by atoms with Crippen molar-refractivity contribution in [2.24, 2.45) is 0 Å². The van der Waals surface area contributed by atoms with Crippen LogP contribution in [0.25, 0.3) is 0 Å². The molecule has 1 fully saturated rings. The Labute approximate surface area is 276 Å². The predicted molar refractivity (Wildman–Crippen MR) is 178 cm³/mol. The quantitative estimate of drug-likeness (QED) is 0.0545. The molecule has 1 aliphatic rings. The van der Waals surface area contributed by atoms with E-state index in [9.17, 15) is 30.0 Å². The highest BCUT2D eigenvalue weighted by atomic mass is 16.7. The molecule has 1 aliphatic heterocycles. The Morgan fingerprint density at radius 1 is 0.696 bits per heavy atom. The predicted octanol–water partition coefficient (Wildman–Crippen LogP) is 5.37. The third-order valence-corrected chi connectivity index (χ3v) is 7.48. The third kappa shape index (κ3) is 20.0. The Hall–Kier alpha value is -2.34. The van der Waals surface area contributed by atoms with Crippen LogP contribution in [0.15, 0.2) is 48.6 Å². The number of rotatable bonds is 26. The molecule has 10 nitrogen and oxygen atoms in total. The lowest BCUT2D eigenvalue weighted by Crippen LogP contribution is -2.59. The van der Waals surface area contributed by atoms with Gasteiger partial charge in [0.05, 0.1) is 13.2 Å². The van der Waals surface area contributed by atoms with E-state index in [0.717, 1.165) is 70.6 Å². The summed E-state index contributed by atoms with van der Waals surface area (Å²) >= 11 is 0. The Kier molecular flexibility index (Phi) is 25.1. The summed E-state index contributed by atoms with van der Waals surface area (Å²) in [5.41, 5.74) is 0. The molecule has 1 rings (SSSR count). The molecule has 10 heteroatoms. The van der Waals surface area contributed by atoms with Gasteiger partial charge in [-0.05, 0) is 51.4 Å². The first-order chi connectivity index (χ1) is 22.3. The maximum atomic E-state index is 12.5. The van der Waals surface area contributed by atoms with Gasteiger partial charge in [0.2, 0.25) is 0 Å². The zero-order valence-corrected chi connectivity index (χ0v) is 28.0. The van der Waals surface area contributed by atoms with Crippen LogP contribution in [0, 0.1) is 0 Å². The largest absolute Gasteiger partial charge is 0.462 e. The summed E-state index contributed by atoms with van der Waals surface area (Å²) in [5.74, 6) is -0.871. The van der Waals surface area contributed by atoms with Gasteiger partial charge in [-0.3, -0.25) is 9.59 Å². The summed E-state index contributed by atoms with van der Waals surface area (Å²) in [7, 11) is 0. The van der Waals surface area contributed by atoms with Crippen LogP contribution in [-0.4, -0.2) is 89.0 Å². The van der Waals surface area contributed by atoms with Gasteiger partial charge in [-0.2, -0.15) is 0 Å². The van der Waals surface area contributed by atoms with Gasteiger partial charge in [0.25, 0.3) is 0 Å². The zero-order valence-electron chi connectivity index (χ0n) is 28.0. The second kappa shape index (κ2) is 27.7. The van der Waals surface area contributed by atoms with E-state index in [0.29, 0.717) is 12.8 Å². The number of allylic oxidation sites excluding steroid dienone is 8. The smallest absolute Gasteiger partial charge is 0.306 e. The first-order valence-corrected chi connectivity index (χ1v) is 17.2. The lowest BCUT2D eigenvalue weighted by Gasteiger charge is -2.39. The first-order valence-electron chi connectivity index (χ1n) is 17.2. The number of aliphatic hydroxyl groups is 4. The van der Waals surface area contributed by atoms with Crippen molar-refractivity contribution in [3.05, 3.63) is 48.6 Å². The third-order valence-electron chi connectivity index (χ3n) is 7.48. The number of carbonyl (C=O) groups excluding carboxylic acids is 2. The lowest BCUT2D eigenvalue weighted by atomic mass is 9.99. The van der Waals surface area contributed by atoms with Crippen molar-refractivity contribution in [3.63, 3.8) is 0 Å². The number of ether oxygens (including phenoxy) is 4. The Bertz CT molecular complexity index is 897. The summed E-state index contributed by atoms with van der Waals surface area (Å²) < 4.78 is 21.6.